The lowest BCUT2D eigenvalue weighted by Crippen LogP contribution is -2.19. The molecule has 1 nitrogen and oxygen atoms in total. The van der Waals surface area contributed by atoms with Gasteiger partial charge in [0, 0.05) is 10.5 Å². The highest BCUT2D eigenvalue weighted by atomic mass is 79.9. The monoisotopic (exact) mass is 253 g/mol. The maximum atomic E-state index is 3.70. The first-order valence-electron chi connectivity index (χ1n) is 4.84. The highest BCUT2D eigenvalue weighted by Gasteiger charge is 2.02. The number of halogens is 1. The topological polar surface area (TPSA) is 12.0 Å². The fourth-order valence-electron chi connectivity index (χ4n) is 1.27. The van der Waals surface area contributed by atoms with Crippen LogP contribution in [0.25, 0.3) is 0 Å². The molecule has 0 aliphatic rings. The van der Waals surface area contributed by atoms with Crippen LogP contribution in [0.2, 0.25) is 0 Å². The summed E-state index contributed by atoms with van der Waals surface area (Å²) in [6.07, 6.45) is 2.95. The molecule has 14 heavy (non-hydrogen) atoms. The van der Waals surface area contributed by atoms with E-state index in [2.05, 4.69) is 59.0 Å². The molecule has 0 aliphatic carbocycles. The number of nitrogens with one attached hydrogen (secondary N) is 1. The van der Waals surface area contributed by atoms with Gasteiger partial charge < -0.3 is 5.32 Å². The maximum Gasteiger partial charge on any atom is 0.0291 e. The Morgan fingerprint density at radius 3 is 2.64 bits per heavy atom. The van der Waals surface area contributed by atoms with E-state index in [-0.39, 0.29) is 0 Å². The van der Waals surface area contributed by atoms with E-state index < -0.39 is 0 Å². The molecule has 0 saturated heterocycles. The first-order valence-corrected chi connectivity index (χ1v) is 5.63. The molecule has 0 fully saturated rings. The highest BCUT2D eigenvalue weighted by molar-refractivity contribution is 9.10. The number of hydrogen-bond donors (Lipinski definition) is 1. The fraction of sp³-hybridized carbons (Fsp3) is 0.333. The average molecular weight is 254 g/mol. The van der Waals surface area contributed by atoms with E-state index in [9.17, 15) is 0 Å². The van der Waals surface area contributed by atoms with Crippen molar-refractivity contribution in [2.45, 2.75) is 19.4 Å². The molecule has 0 amide bonds. The minimum atomic E-state index is 0.406. The van der Waals surface area contributed by atoms with Gasteiger partial charge in [-0.3, -0.25) is 0 Å². The van der Waals surface area contributed by atoms with Crippen LogP contribution in [0.4, 0.5) is 0 Å². The van der Waals surface area contributed by atoms with Crippen LogP contribution < -0.4 is 5.32 Å². The van der Waals surface area contributed by atoms with Crippen LogP contribution in [0.3, 0.4) is 0 Å². The molecule has 0 spiro atoms. The quantitative estimate of drug-likeness (QED) is 0.624. The maximum absolute atomic E-state index is 3.70. The van der Waals surface area contributed by atoms with E-state index in [1.165, 1.54) is 5.56 Å². The SMILES string of the molecule is C=CCCN[C@@H](C)c1ccc(Br)cc1. The molecule has 0 bridgehead atoms. The Bertz CT molecular complexity index is 279. The Balaban J connectivity index is 2.47. The summed E-state index contributed by atoms with van der Waals surface area (Å²) in [5.74, 6) is 0. The molecular weight excluding hydrogens is 238 g/mol. The summed E-state index contributed by atoms with van der Waals surface area (Å²) in [7, 11) is 0. The third-order valence-electron chi connectivity index (χ3n) is 2.17. The first-order chi connectivity index (χ1) is 6.74. The second-order valence-electron chi connectivity index (χ2n) is 3.30. The van der Waals surface area contributed by atoms with Gasteiger partial charge in [-0.1, -0.05) is 34.1 Å². The highest BCUT2D eigenvalue weighted by Crippen LogP contribution is 2.16. The van der Waals surface area contributed by atoms with Crippen LogP contribution >= 0.6 is 15.9 Å². The second kappa shape index (κ2) is 5.99. The molecule has 0 radical (unpaired) electrons. The van der Waals surface area contributed by atoms with Crippen molar-refractivity contribution in [1.82, 2.24) is 5.32 Å². The number of benzene rings is 1. The molecule has 1 rings (SSSR count). The average Bonchev–Trinajstić information content (AvgIpc) is 2.19. The van der Waals surface area contributed by atoms with Gasteiger partial charge in [-0.25, -0.2) is 0 Å². The van der Waals surface area contributed by atoms with Crippen molar-refractivity contribution in [2.75, 3.05) is 6.54 Å². The first kappa shape index (κ1) is 11.5. The predicted molar refractivity (Wildman–Crippen MR) is 65.4 cm³/mol. The van der Waals surface area contributed by atoms with Gasteiger partial charge >= 0.3 is 0 Å². The third-order valence-corrected chi connectivity index (χ3v) is 2.70. The van der Waals surface area contributed by atoms with Crippen molar-refractivity contribution in [2.24, 2.45) is 0 Å². The largest absolute Gasteiger partial charge is 0.310 e. The Kier molecular flexibility index (Phi) is 4.91. The predicted octanol–water partition coefficient (Wildman–Crippen LogP) is 3.68. The van der Waals surface area contributed by atoms with Gasteiger partial charge in [-0.15, -0.1) is 6.58 Å². The van der Waals surface area contributed by atoms with E-state index in [1.54, 1.807) is 0 Å². The van der Waals surface area contributed by atoms with E-state index in [1.807, 2.05) is 6.08 Å². The zero-order valence-electron chi connectivity index (χ0n) is 8.46. The molecule has 76 valence electrons. The molecule has 0 heterocycles. The van der Waals surface area contributed by atoms with Gasteiger partial charge in [0.15, 0.2) is 0 Å². The Morgan fingerprint density at radius 2 is 2.07 bits per heavy atom. The minimum Gasteiger partial charge on any atom is -0.310 e. The molecule has 1 aromatic rings. The molecular formula is C12H16BrN. The molecule has 1 N–H and O–H groups in total. The van der Waals surface area contributed by atoms with Crippen molar-refractivity contribution >= 4 is 15.9 Å². The van der Waals surface area contributed by atoms with Crippen molar-refractivity contribution < 1.29 is 0 Å². The van der Waals surface area contributed by atoms with Crippen LogP contribution in [0, 0.1) is 0 Å². The van der Waals surface area contributed by atoms with Crippen LogP contribution in [0.5, 0.6) is 0 Å². The van der Waals surface area contributed by atoms with Gasteiger partial charge in [0.1, 0.15) is 0 Å². The normalized spacial score (nSPS) is 12.4. The van der Waals surface area contributed by atoms with Crippen LogP contribution in [-0.4, -0.2) is 6.54 Å². The van der Waals surface area contributed by atoms with Crippen molar-refractivity contribution in [3.05, 3.63) is 47.0 Å². The number of rotatable bonds is 5. The zero-order valence-corrected chi connectivity index (χ0v) is 10.0. The van der Waals surface area contributed by atoms with Gasteiger partial charge in [-0.2, -0.15) is 0 Å². The van der Waals surface area contributed by atoms with Crippen LogP contribution in [0.15, 0.2) is 41.4 Å². The standard InChI is InChI=1S/C12H16BrN/c1-3-4-9-14-10(2)11-5-7-12(13)8-6-11/h3,5-8,10,14H,1,4,9H2,2H3/t10-/m0/s1. The fourth-order valence-corrected chi connectivity index (χ4v) is 1.54. The molecule has 0 saturated carbocycles. The molecule has 1 atom stereocenters. The lowest BCUT2D eigenvalue weighted by Gasteiger charge is -2.13. The summed E-state index contributed by atoms with van der Waals surface area (Å²) in [6, 6.07) is 8.82. The summed E-state index contributed by atoms with van der Waals surface area (Å²) in [5, 5.41) is 3.43. The van der Waals surface area contributed by atoms with Gasteiger partial charge in [-0.05, 0) is 37.6 Å². The van der Waals surface area contributed by atoms with E-state index in [0.29, 0.717) is 6.04 Å². The number of hydrogen-bond acceptors (Lipinski definition) is 1. The van der Waals surface area contributed by atoms with E-state index >= 15 is 0 Å². The van der Waals surface area contributed by atoms with Gasteiger partial charge in [0.25, 0.3) is 0 Å². The molecule has 1 aromatic carbocycles. The Hall–Kier alpha value is -0.600. The molecule has 0 unspecified atom stereocenters. The van der Waals surface area contributed by atoms with Crippen LogP contribution in [0.1, 0.15) is 24.9 Å². The molecule has 0 aromatic heterocycles. The van der Waals surface area contributed by atoms with E-state index in [0.717, 1.165) is 17.4 Å². The molecule has 2 heteroatoms. The van der Waals surface area contributed by atoms with Crippen LogP contribution in [-0.2, 0) is 0 Å². The Morgan fingerprint density at radius 1 is 1.43 bits per heavy atom. The summed E-state index contributed by atoms with van der Waals surface area (Å²) < 4.78 is 1.12. The molecule has 0 aliphatic heterocycles. The zero-order chi connectivity index (χ0) is 10.4. The Labute approximate surface area is 94.3 Å². The van der Waals surface area contributed by atoms with Gasteiger partial charge in [0.2, 0.25) is 0 Å². The van der Waals surface area contributed by atoms with Crippen molar-refractivity contribution in [3.63, 3.8) is 0 Å². The van der Waals surface area contributed by atoms with E-state index in [4.69, 9.17) is 0 Å². The lowest BCUT2D eigenvalue weighted by molar-refractivity contribution is 0.581. The summed E-state index contributed by atoms with van der Waals surface area (Å²) >= 11 is 3.42. The summed E-state index contributed by atoms with van der Waals surface area (Å²) in [4.78, 5) is 0. The summed E-state index contributed by atoms with van der Waals surface area (Å²) in [5.41, 5.74) is 1.32. The second-order valence-corrected chi connectivity index (χ2v) is 4.22. The minimum absolute atomic E-state index is 0.406. The van der Waals surface area contributed by atoms with Crippen molar-refractivity contribution in [1.29, 1.82) is 0 Å². The lowest BCUT2D eigenvalue weighted by atomic mass is 10.1. The third kappa shape index (κ3) is 3.64. The van der Waals surface area contributed by atoms with Crippen molar-refractivity contribution in [3.8, 4) is 0 Å². The summed E-state index contributed by atoms with van der Waals surface area (Å²) in [6.45, 7) is 6.86. The smallest absolute Gasteiger partial charge is 0.0291 e. The van der Waals surface area contributed by atoms with Gasteiger partial charge in [0.05, 0.1) is 0 Å².